The molecule has 0 spiro atoms. The first-order valence-corrected chi connectivity index (χ1v) is 14.6. The van der Waals surface area contributed by atoms with Crippen LogP contribution in [0.1, 0.15) is 48.7 Å². The minimum atomic E-state index is -2.83. The zero-order valence-electron chi connectivity index (χ0n) is 24.1. The Morgan fingerprint density at radius 2 is 1.98 bits per heavy atom. The quantitative estimate of drug-likeness (QED) is 0.235. The van der Waals surface area contributed by atoms with E-state index < -0.39 is 18.7 Å². The Morgan fingerprint density at radius 1 is 1.09 bits per heavy atom. The molecule has 1 saturated heterocycles. The maximum absolute atomic E-state index is 13.2. The number of alkyl halides is 2. The zero-order chi connectivity index (χ0) is 30.0. The summed E-state index contributed by atoms with van der Waals surface area (Å²) in [5.74, 6) is -1.16. The van der Waals surface area contributed by atoms with Crippen LogP contribution in [0.4, 0.5) is 8.78 Å². The summed E-state index contributed by atoms with van der Waals surface area (Å²) >= 11 is 0. The fourth-order valence-electron chi connectivity index (χ4n) is 5.37. The molecule has 1 aromatic heterocycles. The van der Waals surface area contributed by atoms with Gasteiger partial charge in [0.1, 0.15) is 18.5 Å². The van der Waals surface area contributed by atoms with E-state index in [0.29, 0.717) is 30.3 Å². The van der Waals surface area contributed by atoms with Crippen LogP contribution >= 0.6 is 0 Å². The summed E-state index contributed by atoms with van der Waals surface area (Å²) in [5, 5.41) is 6.73. The van der Waals surface area contributed by atoms with Gasteiger partial charge in [0.25, 0.3) is 11.8 Å². The Hall–Kier alpha value is -4.15. The average molecular weight is 592 g/mol. The molecule has 0 aliphatic carbocycles. The first-order valence-electron chi connectivity index (χ1n) is 14.6. The number of fused-ring (bicyclic) bond motifs is 2. The van der Waals surface area contributed by atoms with Crippen molar-refractivity contribution in [1.29, 1.82) is 0 Å². The normalized spacial score (nSPS) is 18.9. The Bertz CT molecular complexity index is 1600. The van der Waals surface area contributed by atoms with Crippen LogP contribution < -0.4 is 24.8 Å². The van der Waals surface area contributed by atoms with Gasteiger partial charge in [-0.25, -0.2) is 8.78 Å². The minimum Gasteiger partial charge on any atom is -0.486 e. The third-order valence-corrected chi connectivity index (χ3v) is 7.60. The molecule has 3 atom stereocenters. The van der Waals surface area contributed by atoms with E-state index in [-0.39, 0.29) is 24.7 Å². The van der Waals surface area contributed by atoms with Crippen LogP contribution in [-0.4, -0.2) is 55.0 Å². The third kappa shape index (κ3) is 6.76. The second kappa shape index (κ2) is 12.2. The van der Waals surface area contributed by atoms with E-state index in [1.807, 2.05) is 73.8 Å². The van der Waals surface area contributed by atoms with Gasteiger partial charge >= 0.3 is 0 Å². The van der Waals surface area contributed by atoms with Crippen LogP contribution in [-0.2, 0) is 4.74 Å². The highest BCUT2D eigenvalue weighted by atomic mass is 19.3. The molecular weight excluding hydrogens is 556 g/mol. The van der Waals surface area contributed by atoms with Crippen molar-refractivity contribution >= 4 is 16.8 Å². The lowest BCUT2D eigenvalue weighted by atomic mass is 10.1. The van der Waals surface area contributed by atoms with E-state index in [2.05, 4.69) is 15.2 Å². The number of carbonyl (C=O) groups excluding carboxylic acids is 1. The number of benzene rings is 3. The molecule has 226 valence electrons. The van der Waals surface area contributed by atoms with Crippen molar-refractivity contribution in [3.63, 3.8) is 0 Å². The van der Waals surface area contributed by atoms with Gasteiger partial charge in [0.15, 0.2) is 17.7 Å². The predicted molar refractivity (Wildman–Crippen MR) is 159 cm³/mol. The van der Waals surface area contributed by atoms with Gasteiger partial charge in [0.2, 0.25) is 0 Å². The topological polar surface area (TPSA) is 83.0 Å². The molecule has 3 aromatic carbocycles. The van der Waals surface area contributed by atoms with Crippen molar-refractivity contribution in [3.05, 3.63) is 84.1 Å². The fourth-order valence-corrected chi connectivity index (χ4v) is 5.37. The van der Waals surface area contributed by atoms with Crippen LogP contribution in [0, 0.1) is 0 Å². The molecule has 8 nitrogen and oxygen atoms in total. The molecule has 2 aliphatic heterocycles. The van der Waals surface area contributed by atoms with Crippen LogP contribution in [0.15, 0.2) is 72.9 Å². The van der Waals surface area contributed by atoms with Gasteiger partial charge in [-0.3, -0.25) is 10.1 Å². The van der Waals surface area contributed by atoms with Crippen molar-refractivity contribution in [3.8, 4) is 22.9 Å². The van der Waals surface area contributed by atoms with Gasteiger partial charge in [0, 0.05) is 36.4 Å². The van der Waals surface area contributed by atoms with Crippen LogP contribution in [0.2, 0.25) is 0 Å². The van der Waals surface area contributed by atoms with Crippen molar-refractivity contribution in [2.24, 2.45) is 0 Å². The molecule has 2 unspecified atom stereocenters. The average Bonchev–Trinajstić information content (AvgIpc) is 3.68. The number of ether oxygens (including phenoxy) is 4. The Kier molecular flexibility index (Phi) is 8.23. The first kappa shape index (κ1) is 28.9. The molecule has 4 aromatic rings. The first-order chi connectivity index (χ1) is 20.8. The number of nitrogens with one attached hydrogen (secondary N) is 2. The number of hydrogen-bond donors (Lipinski definition) is 2. The van der Waals surface area contributed by atoms with Crippen LogP contribution in [0.25, 0.3) is 16.6 Å². The summed E-state index contributed by atoms with van der Waals surface area (Å²) in [4.78, 5) is 12.8. The SMILES string of the molecule is CCC(Oc1ccc2c(ccn2-c2cccc(C(=O)NC3CCOC3)c2)c1)c1ccc2c(c1)OC[C@@H](NCC(C)(F)F)O2. The number of halogens is 2. The van der Waals surface area contributed by atoms with E-state index in [0.717, 1.165) is 47.7 Å². The Labute approximate surface area is 248 Å². The van der Waals surface area contributed by atoms with E-state index in [4.69, 9.17) is 18.9 Å². The maximum Gasteiger partial charge on any atom is 0.257 e. The summed E-state index contributed by atoms with van der Waals surface area (Å²) in [6.07, 6.45) is 2.65. The number of amides is 1. The van der Waals surface area contributed by atoms with Gasteiger partial charge in [-0.2, -0.15) is 0 Å². The molecule has 1 fully saturated rings. The molecule has 0 radical (unpaired) electrons. The highest BCUT2D eigenvalue weighted by Crippen LogP contribution is 2.36. The second-order valence-corrected chi connectivity index (χ2v) is 11.1. The molecule has 2 aliphatic rings. The van der Waals surface area contributed by atoms with Gasteiger partial charge in [-0.1, -0.05) is 19.1 Å². The third-order valence-electron chi connectivity index (χ3n) is 7.60. The molecule has 0 saturated carbocycles. The fraction of sp³-hybridized carbons (Fsp3) is 0.364. The highest BCUT2D eigenvalue weighted by Gasteiger charge is 2.27. The molecule has 3 heterocycles. The van der Waals surface area contributed by atoms with Crippen LogP contribution in [0.3, 0.4) is 0 Å². The van der Waals surface area contributed by atoms with Crippen molar-refractivity contribution < 1.29 is 32.5 Å². The van der Waals surface area contributed by atoms with E-state index >= 15 is 0 Å². The summed E-state index contributed by atoms with van der Waals surface area (Å²) < 4.78 is 51.9. The lowest BCUT2D eigenvalue weighted by Gasteiger charge is -2.29. The van der Waals surface area contributed by atoms with E-state index in [1.165, 1.54) is 0 Å². The van der Waals surface area contributed by atoms with Crippen LogP contribution in [0.5, 0.6) is 17.2 Å². The van der Waals surface area contributed by atoms with Crippen molar-refractivity contribution in [1.82, 2.24) is 15.2 Å². The lowest BCUT2D eigenvalue weighted by molar-refractivity contribution is -0.00551. The second-order valence-electron chi connectivity index (χ2n) is 11.1. The molecule has 10 heteroatoms. The van der Waals surface area contributed by atoms with Crippen molar-refractivity contribution in [2.75, 3.05) is 26.4 Å². The van der Waals surface area contributed by atoms with E-state index in [9.17, 15) is 13.6 Å². The standard InChI is InChI=1S/C33H35F2N3O5/c1-3-28(22-7-10-29-30(17-22)41-19-31(43-29)36-20-33(2,34)35)42-26-8-9-27-21(16-26)11-13-38(27)25-6-4-5-23(15-25)32(39)37-24-12-14-40-18-24/h4-11,13,15-17,24,28,31,36H,3,12,14,18-20H2,1-2H3,(H,37,39)/t24?,28?,31-/m0/s1. The van der Waals surface area contributed by atoms with E-state index in [1.54, 1.807) is 6.07 Å². The minimum absolute atomic E-state index is 0.0506. The van der Waals surface area contributed by atoms with Gasteiger partial charge < -0.3 is 28.8 Å². The summed E-state index contributed by atoms with van der Waals surface area (Å²) in [7, 11) is 0. The lowest BCUT2D eigenvalue weighted by Crippen LogP contribution is -2.46. The van der Waals surface area contributed by atoms with Gasteiger partial charge in [-0.15, -0.1) is 0 Å². The number of nitrogens with zero attached hydrogens (tertiary/aromatic N) is 1. The van der Waals surface area contributed by atoms with Crippen molar-refractivity contribution in [2.45, 2.75) is 51.0 Å². The smallest absolute Gasteiger partial charge is 0.257 e. The molecular formula is C33H35F2N3O5. The maximum atomic E-state index is 13.2. The zero-order valence-corrected chi connectivity index (χ0v) is 24.1. The molecule has 1 amide bonds. The molecule has 0 bridgehead atoms. The Balaban J connectivity index is 1.14. The number of carbonyl (C=O) groups is 1. The molecule has 2 N–H and O–H groups in total. The molecule has 6 rings (SSSR count). The molecule has 43 heavy (non-hydrogen) atoms. The van der Waals surface area contributed by atoms with Gasteiger partial charge in [-0.05, 0) is 73.0 Å². The Morgan fingerprint density at radius 3 is 2.77 bits per heavy atom. The number of aromatic nitrogens is 1. The monoisotopic (exact) mass is 591 g/mol. The highest BCUT2D eigenvalue weighted by molar-refractivity contribution is 5.95. The van der Waals surface area contributed by atoms with Gasteiger partial charge in [0.05, 0.1) is 24.7 Å². The summed E-state index contributed by atoms with van der Waals surface area (Å²) in [5.41, 5.74) is 3.41. The summed E-state index contributed by atoms with van der Waals surface area (Å²) in [6.45, 7) is 3.76. The number of rotatable bonds is 10. The number of hydrogen-bond acceptors (Lipinski definition) is 6. The largest absolute Gasteiger partial charge is 0.486 e. The predicted octanol–water partition coefficient (Wildman–Crippen LogP) is 6.02. The summed E-state index contributed by atoms with van der Waals surface area (Å²) in [6, 6.07) is 21.2.